The number of ether oxygens (including phenoxy) is 4. The third-order valence-electron chi connectivity index (χ3n) is 11.1. The largest absolute Gasteiger partial charge is 0.481 e. The van der Waals surface area contributed by atoms with Crippen LogP contribution >= 0.6 is 12.8 Å². The van der Waals surface area contributed by atoms with Gasteiger partial charge >= 0.3 is 11.9 Å². The minimum atomic E-state index is -1.21. The summed E-state index contributed by atoms with van der Waals surface area (Å²) in [4.78, 5) is 106. The second kappa shape index (κ2) is 53.4. The monoisotopic (exact) mass is 1100 g/mol. The number of aldehydes is 2. The summed E-state index contributed by atoms with van der Waals surface area (Å²) in [5.41, 5.74) is 0.125. The summed E-state index contributed by atoms with van der Waals surface area (Å²) in [5, 5.41) is 30.1. The van der Waals surface area contributed by atoms with E-state index >= 15 is 0 Å². The third-order valence-corrected chi connectivity index (χ3v) is 11.4. The van der Waals surface area contributed by atoms with Gasteiger partial charge in [0.05, 0.1) is 57.5 Å². The molecule has 9 N–H and O–H groups in total. The molecule has 1 rings (SSSR count). The number of thiol groups is 1. The van der Waals surface area contributed by atoms with Gasteiger partial charge in [0.25, 0.3) is 0 Å². The van der Waals surface area contributed by atoms with Crippen LogP contribution < -0.4 is 31.3 Å². The fraction of sp³-hybridized carbons (Fsp3) is 0.769. The van der Waals surface area contributed by atoms with Crippen LogP contribution in [0, 0.1) is 0 Å². The average molecular weight is 1100 g/mol. The van der Waals surface area contributed by atoms with Crippen LogP contribution in [0.1, 0.15) is 168 Å². The lowest BCUT2D eigenvalue weighted by atomic mass is 10.0. The van der Waals surface area contributed by atoms with Crippen molar-refractivity contribution in [3.05, 3.63) is 18.2 Å². The quantitative estimate of drug-likeness (QED) is 0.0247. The summed E-state index contributed by atoms with van der Waals surface area (Å²) < 4.78 is 23.6. The first kappa shape index (κ1) is 73.1. The first-order chi connectivity index (χ1) is 36.6. The van der Waals surface area contributed by atoms with Crippen LogP contribution in [0.25, 0.3) is 0 Å². The normalized spacial score (nSPS) is 11.6. The number of carbonyl (C=O) groups excluding carboxylic acids is 7. The van der Waals surface area contributed by atoms with Crippen molar-refractivity contribution < 1.29 is 72.3 Å². The number of hydrogen-bond donors (Lipinski definition) is 10. The van der Waals surface area contributed by atoms with Crippen LogP contribution in [0.15, 0.2) is 12.5 Å². The molecule has 0 bridgehead atoms. The van der Waals surface area contributed by atoms with E-state index in [4.69, 9.17) is 29.2 Å². The zero-order valence-electron chi connectivity index (χ0n) is 45.7. The van der Waals surface area contributed by atoms with Crippen molar-refractivity contribution in [2.45, 2.75) is 186 Å². The van der Waals surface area contributed by atoms with Gasteiger partial charge in [-0.25, -0.2) is 9.78 Å². The first-order valence-corrected chi connectivity index (χ1v) is 27.4. The Morgan fingerprint density at radius 2 is 1.14 bits per heavy atom. The van der Waals surface area contributed by atoms with Crippen molar-refractivity contribution in [1.29, 1.82) is 0 Å². The number of unbranched alkanes of at least 4 members (excludes halogenated alkanes) is 15. The SMILES string of the molecule is CC(C)(C=O)NC(=O)CCc1cnc[nH]1.CCCCCCCCCCCCCCCCCC(=O)O.O=CN[C@@H](CCC(=O)NCCOCCOCC(=O)NCCOCCOCC(=O)NCCCCC(C=O)NS)C(=O)O. The summed E-state index contributed by atoms with van der Waals surface area (Å²) in [6, 6.07) is -1.40. The van der Waals surface area contributed by atoms with Crippen molar-refractivity contribution in [1.82, 2.24) is 41.3 Å². The van der Waals surface area contributed by atoms with E-state index in [1.807, 2.05) is 0 Å². The maximum atomic E-state index is 11.7. The van der Waals surface area contributed by atoms with E-state index in [2.05, 4.69) is 61.0 Å². The number of aliphatic carboxylic acids is 2. The lowest BCUT2D eigenvalue weighted by molar-refractivity contribution is -0.141. The van der Waals surface area contributed by atoms with Crippen molar-refractivity contribution in [3.63, 3.8) is 0 Å². The molecular formula is C52H94N8O15S. The van der Waals surface area contributed by atoms with Gasteiger partial charge in [-0.2, -0.15) is 0 Å². The summed E-state index contributed by atoms with van der Waals surface area (Å²) in [6.07, 6.45) is 28.3. The molecule has 76 heavy (non-hydrogen) atoms. The molecule has 1 unspecified atom stereocenters. The summed E-state index contributed by atoms with van der Waals surface area (Å²) in [6.45, 7) is 7.72. The molecule has 24 heteroatoms. The number of carbonyl (C=O) groups is 9. The topological polar surface area (TPSA) is 332 Å². The molecule has 438 valence electrons. The Balaban J connectivity index is 0. The van der Waals surface area contributed by atoms with E-state index in [1.165, 1.54) is 83.5 Å². The van der Waals surface area contributed by atoms with Crippen LogP contribution in [0.5, 0.6) is 0 Å². The fourth-order valence-electron chi connectivity index (χ4n) is 6.77. The lowest BCUT2D eigenvalue weighted by Gasteiger charge is -2.18. The predicted molar refractivity (Wildman–Crippen MR) is 290 cm³/mol. The van der Waals surface area contributed by atoms with Crippen molar-refractivity contribution >= 4 is 67.4 Å². The van der Waals surface area contributed by atoms with E-state index in [-0.39, 0.29) is 115 Å². The van der Waals surface area contributed by atoms with Gasteiger partial charge in [-0.05, 0) is 52.4 Å². The maximum absolute atomic E-state index is 11.7. The smallest absolute Gasteiger partial charge is 0.326 e. The number of carboxylic acids is 2. The van der Waals surface area contributed by atoms with Gasteiger partial charge in [0, 0.05) is 50.8 Å². The number of carboxylic acid groups (broad SMARTS) is 2. The summed E-state index contributed by atoms with van der Waals surface area (Å²) in [7, 11) is 0. The van der Waals surface area contributed by atoms with Crippen molar-refractivity contribution in [2.75, 3.05) is 72.5 Å². The molecule has 1 heterocycles. The van der Waals surface area contributed by atoms with Crippen LogP contribution in [-0.2, 0) is 68.5 Å². The van der Waals surface area contributed by atoms with Crippen LogP contribution in [0.2, 0.25) is 0 Å². The van der Waals surface area contributed by atoms with E-state index in [0.29, 0.717) is 32.2 Å². The van der Waals surface area contributed by atoms with Crippen LogP contribution in [-0.4, -0.2) is 165 Å². The molecule has 0 aliphatic heterocycles. The standard InChI is InChI=1S/C24H43N5O11S.C18H36O2.C10H15N3O2/c30-15-19(29-41)3-1-2-6-25-22(33)16-39-13-12-38-10-8-27-23(34)17-40-14-11-37-9-7-26-21(32)5-4-20(24(35)36)28-18-31;1-2-3-4-5-6-7-8-9-10-11-12-13-14-15-16-17-18(19)20;1-10(2,6-14)13-9(15)4-3-8-5-11-7-12-8/h15,18-20,29,41H,1-14,16-17H2,(H,25,33)(H,26,32)(H,27,34)(H,28,31)(H,35,36);2-17H2,1H3,(H,19,20);5-7H,3-4H2,1-2H3,(H,11,12)(H,13,15)/t19?,20-;;/m0../s1. The number of imidazole rings is 1. The zero-order valence-corrected chi connectivity index (χ0v) is 46.6. The molecule has 0 saturated heterocycles. The highest BCUT2D eigenvalue weighted by Gasteiger charge is 2.19. The maximum Gasteiger partial charge on any atom is 0.326 e. The number of rotatable bonds is 50. The number of aromatic amines is 1. The molecule has 2 atom stereocenters. The number of amides is 5. The minimum absolute atomic E-state index is 0.0268. The molecule has 1 aromatic rings. The summed E-state index contributed by atoms with van der Waals surface area (Å²) in [5.74, 6) is -2.92. The van der Waals surface area contributed by atoms with Gasteiger partial charge in [0.1, 0.15) is 31.8 Å². The molecule has 0 aromatic carbocycles. The molecular weight excluding hydrogens is 1010 g/mol. The molecule has 0 aliphatic rings. The first-order valence-electron chi connectivity index (χ1n) is 27.0. The number of aromatic nitrogens is 2. The Bertz CT molecular complexity index is 1650. The number of nitrogens with one attached hydrogen (secondary N) is 7. The Hall–Kier alpha value is -5.01. The van der Waals surface area contributed by atoms with E-state index in [0.717, 1.165) is 43.9 Å². The van der Waals surface area contributed by atoms with Gasteiger partial charge in [0.15, 0.2) is 0 Å². The van der Waals surface area contributed by atoms with E-state index in [9.17, 15) is 43.2 Å². The zero-order chi connectivity index (χ0) is 56.8. The van der Waals surface area contributed by atoms with Gasteiger partial charge < -0.3 is 70.3 Å². The Labute approximate surface area is 456 Å². The molecule has 1 aromatic heterocycles. The number of hydrogen-bond acceptors (Lipinski definition) is 16. The number of H-pyrrole nitrogens is 1. The van der Waals surface area contributed by atoms with Crippen LogP contribution in [0.4, 0.5) is 0 Å². The molecule has 0 spiro atoms. The van der Waals surface area contributed by atoms with Gasteiger partial charge in [0.2, 0.25) is 30.0 Å². The van der Waals surface area contributed by atoms with Crippen molar-refractivity contribution in [2.24, 2.45) is 0 Å². The second-order valence-corrected chi connectivity index (χ2v) is 18.8. The Morgan fingerprint density at radius 3 is 1.61 bits per heavy atom. The van der Waals surface area contributed by atoms with Crippen molar-refractivity contribution in [3.8, 4) is 0 Å². The fourth-order valence-corrected chi connectivity index (χ4v) is 6.96. The summed E-state index contributed by atoms with van der Waals surface area (Å²) >= 11 is 3.85. The Morgan fingerprint density at radius 1 is 0.632 bits per heavy atom. The molecule has 0 aliphatic carbocycles. The van der Waals surface area contributed by atoms with Gasteiger partial charge in [-0.15, -0.1) is 0 Å². The minimum Gasteiger partial charge on any atom is -0.481 e. The number of nitrogens with zero attached hydrogens (tertiary/aromatic N) is 1. The average Bonchev–Trinajstić information content (AvgIpc) is 3.92. The molecule has 5 amide bonds. The lowest BCUT2D eigenvalue weighted by Crippen LogP contribution is -2.44. The van der Waals surface area contributed by atoms with E-state index in [1.54, 1.807) is 26.4 Å². The Kier molecular flexibility index (Phi) is 51.3. The molecule has 0 fully saturated rings. The van der Waals surface area contributed by atoms with Crippen LogP contribution in [0.3, 0.4) is 0 Å². The molecule has 0 saturated carbocycles. The molecule has 0 radical (unpaired) electrons. The highest BCUT2D eigenvalue weighted by Crippen LogP contribution is 2.14. The second-order valence-electron chi connectivity index (χ2n) is 18.5. The highest BCUT2D eigenvalue weighted by atomic mass is 32.1. The van der Waals surface area contributed by atoms with E-state index < -0.39 is 23.5 Å². The third kappa shape index (κ3) is 52.4. The van der Waals surface area contributed by atoms with Gasteiger partial charge in [-0.3, -0.25) is 33.5 Å². The molecule has 23 nitrogen and oxygen atoms in total. The number of aryl methyl sites for hydroxylation is 1. The van der Waals surface area contributed by atoms with Gasteiger partial charge in [-0.1, -0.05) is 110 Å². The predicted octanol–water partition coefficient (Wildman–Crippen LogP) is 4.32. The highest BCUT2D eigenvalue weighted by molar-refractivity contribution is 7.78.